The van der Waals surface area contributed by atoms with Crippen molar-refractivity contribution in [3.63, 3.8) is 0 Å². The summed E-state index contributed by atoms with van der Waals surface area (Å²) in [5.41, 5.74) is 5.78. The molecule has 3 atom stereocenters. The molecule has 0 amide bonds. The molecule has 2 heteroatoms. The minimum Gasteiger partial charge on any atom is -0.378 e. The summed E-state index contributed by atoms with van der Waals surface area (Å²) in [4.78, 5) is 0. The second-order valence-corrected chi connectivity index (χ2v) is 4.59. The molecule has 14 heavy (non-hydrogen) atoms. The van der Waals surface area contributed by atoms with Gasteiger partial charge in [0.25, 0.3) is 0 Å². The van der Waals surface area contributed by atoms with Crippen molar-refractivity contribution in [3.05, 3.63) is 0 Å². The molecule has 3 unspecified atom stereocenters. The Morgan fingerprint density at radius 3 is 2.50 bits per heavy atom. The van der Waals surface area contributed by atoms with Crippen molar-refractivity contribution in [1.29, 1.82) is 0 Å². The summed E-state index contributed by atoms with van der Waals surface area (Å²) >= 11 is 0. The van der Waals surface area contributed by atoms with E-state index in [1.165, 1.54) is 25.7 Å². The van der Waals surface area contributed by atoms with Crippen LogP contribution in [0.3, 0.4) is 0 Å². The van der Waals surface area contributed by atoms with E-state index in [4.69, 9.17) is 10.5 Å². The van der Waals surface area contributed by atoms with Gasteiger partial charge in [0.1, 0.15) is 0 Å². The first kappa shape index (κ1) is 12.0. The van der Waals surface area contributed by atoms with Gasteiger partial charge >= 0.3 is 0 Å². The largest absolute Gasteiger partial charge is 0.378 e. The van der Waals surface area contributed by atoms with Gasteiger partial charge in [-0.15, -0.1) is 0 Å². The molecule has 1 aliphatic carbocycles. The molecule has 0 aliphatic heterocycles. The molecule has 0 radical (unpaired) electrons. The molecule has 0 aromatic rings. The minimum absolute atomic E-state index is 0.412. The predicted octanol–water partition coefficient (Wildman–Crippen LogP) is 2.57. The topological polar surface area (TPSA) is 35.2 Å². The predicted molar refractivity (Wildman–Crippen MR) is 60.2 cm³/mol. The molecule has 1 rings (SSSR count). The third-order valence-corrected chi connectivity index (χ3v) is 3.54. The lowest BCUT2D eigenvalue weighted by atomic mass is 9.80. The number of nitrogens with two attached hydrogens (primary N) is 1. The van der Waals surface area contributed by atoms with E-state index in [1.54, 1.807) is 0 Å². The van der Waals surface area contributed by atoms with Gasteiger partial charge in [0.15, 0.2) is 0 Å². The highest BCUT2D eigenvalue weighted by molar-refractivity contribution is 4.76. The van der Waals surface area contributed by atoms with Crippen molar-refractivity contribution in [3.8, 4) is 0 Å². The Labute approximate surface area is 88.2 Å². The highest BCUT2D eigenvalue weighted by Gasteiger charge is 2.24. The molecule has 84 valence electrons. The number of hydrogen-bond acceptors (Lipinski definition) is 2. The second kappa shape index (κ2) is 6.41. The maximum absolute atomic E-state index is 5.81. The highest BCUT2D eigenvalue weighted by atomic mass is 16.5. The van der Waals surface area contributed by atoms with Gasteiger partial charge in [-0.2, -0.15) is 0 Å². The Hall–Kier alpha value is -0.0800. The van der Waals surface area contributed by atoms with Crippen LogP contribution in [-0.2, 0) is 4.74 Å². The molecule has 0 spiro atoms. The maximum Gasteiger partial charge on any atom is 0.0544 e. The van der Waals surface area contributed by atoms with E-state index in [-0.39, 0.29) is 0 Å². The molecule has 1 aliphatic rings. The van der Waals surface area contributed by atoms with Gasteiger partial charge in [-0.05, 0) is 44.6 Å². The van der Waals surface area contributed by atoms with Crippen molar-refractivity contribution in [2.75, 3.05) is 13.2 Å². The standard InChI is InChI=1S/C12H25NO/c1-3-10(2)14-9-12-7-5-4-6-11(12)8-13/h10-12H,3-9,13H2,1-2H3. The lowest BCUT2D eigenvalue weighted by Gasteiger charge is -2.31. The fourth-order valence-corrected chi connectivity index (χ4v) is 2.22. The van der Waals surface area contributed by atoms with Gasteiger partial charge in [0, 0.05) is 0 Å². The van der Waals surface area contributed by atoms with Crippen LogP contribution in [0.5, 0.6) is 0 Å². The van der Waals surface area contributed by atoms with Crippen LogP contribution in [0, 0.1) is 11.8 Å². The summed E-state index contributed by atoms with van der Waals surface area (Å²) in [5, 5.41) is 0. The van der Waals surface area contributed by atoms with E-state index in [0.717, 1.165) is 25.5 Å². The van der Waals surface area contributed by atoms with Crippen molar-refractivity contribution in [1.82, 2.24) is 0 Å². The first-order valence-corrected chi connectivity index (χ1v) is 6.09. The van der Waals surface area contributed by atoms with Crippen LogP contribution in [-0.4, -0.2) is 19.3 Å². The van der Waals surface area contributed by atoms with Gasteiger partial charge in [0.2, 0.25) is 0 Å². The third kappa shape index (κ3) is 3.58. The SMILES string of the molecule is CCC(C)OCC1CCCCC1CN. The van der Waals surface area contributed by atoms with Crippen LogP contribution in [0.4, 0.5) is 0 Å². The molecule has 0 aromatic heterocycles. The van der Waals surface area contributed by atoms with E-state index in [9.17, 15) is 0 Å². The lowest BCUT2D eigenvalue weighted by Crippen LogP contribution is -2.30. The maximum atomic E-state index is 5.81. The monoisotopic (exact) mass is 199 g/mol. The Bertz CT molecular complexity index is 149. The summed E-state index contributed by atoms with van der Waals surface area (Å²) in [6, 6.07) is 0. The van der Waals surface area contributed by atoms with Crippen molar-refractivity contribution >= 4 is 0 Å². The third-order valence-electron chi connectivity index (χ3n) is 3.54. The molecule has 0 aromatic carbocycles. The average Bonchev–Trinajstić information content (AvgIpc) is 2.26. The van der Waals surface area contributed by atoms with Gasteiger partial charge in [-0.1, -0.05) is 19.8 Å². The van der Waals surface area contributed by atoms with Crippen LogP contribution >= 0.6 is 0 Å². The molecule has 0 saturated heterocycles. The van der Waals surface area contributed by atoms with E-state index in [1.807, 2.05) is 0 Å². The van der Waals surface area contributed by atoms with E-state index < -0.39 is 0 Å². The fraction of sp³-hybridized carbons (Fsp3) is 1.00. The molecule has 0 heterocycles. The molecule has 1 fully saturated rings. The Balaban J connectivity index is 2.26. The van der Waals surface area contributed by atoms with Crippen molar-refractivity contribution in [2.45, 2.75) is 52.1 Å². The summed E-state index contributed by atoms with van der Waals surface area (Å²) in [6.45, 7) is 6.09. The van der Waals surface area contributed by atoms with Crippen LogP contribution in [0.15, 0.2) is 0 Å². The summed E-state index contributed by atoms with van der Waals surface area (Å²) < 4.78 is 5.81. The molecule has 2 N–H and O–H groups in total. The molecule has 0 bridgehead atoms. The zero-order valence-corrected chi connectivity index (χ0v) is 9.67. The van der Waals surface area contributed by atoms with Gasteiger partial charge in [-0.25, -0.2) is 0 Å². The van der Waals surface area contributed by atoms with Crippen LogP contribution in [0.25, 0.3) is 0 Å². The number of hydrogen-bond donors (Lipinski definition) is 1. The molecule has 2 nitrogen and oxygen atoms in total. The van der Waals surface area contributed by atoms with Gasteiger partial charge in [0.05, 0.1) is 12.7 Å². The van der Waals surface area contributed by atoms with E-state index in [0.29, 0.717) is 12.0 Å². The fourth-order valence-electron chi connectivity index (χ4n) is 2.22. The summed E-state index contributed by atoms with van der Waals surface area (Å²) in [5.74, 6) is 1.44. The van der Waals surface area contributed by atoms with Crippen LogP contribution < -0.4 is 5.73 Å². The normalized spacial score (nSPS) is 30.2. The Morgan fingerprint density at radius 1 is 1.29 bits per heavy atom. The summed E-state index contributed by atoms with van der Waals surface area (Å²) in [6.07, 6.45) is 6.88. The first-order valence-electron chi connectivity index (χ1n) is 6.09. The van der Waals surface area contributed by atoms with E-state index in [2.05, 4.69) is 13.8 Å². The molecule has 1 saturated carbocycles. The zero-order chi connectivity index (χ0) is 10.4. The Morgan fingerprint density at radius 2 is 1.93 bits per heavy atom. The van der Waals surface area contributed by atoms with Crippen LogP contribution in [0.1, 0.15) is 46.0 Å². The zero-order valence-electron chi connectivity index (χ0n) is 9.67. The number of rotatable bonds is 5. The average molecular weight is 199 g/mol. The van der Waals surface area contributed by atoms with Crippen molar-refractivity contribution in [2.24, 2.45) is 17.6 Å². The van der Waals surface area contributed by atoms with Gasteiger partial charge in [-0.3, -0.25) is 0 Å². The highest BCUT2D eigenvalue weighted by Crippen LogP contribution is 2.29. The van der Waals surface area contributed by atoms with Crippen LogP contribution in [0.2, 0.25) is 0 Å². The molecular formula is C12H25NO. The summed E-state index contributed by atoms with van der Waals surface area (Å²) in [7, 11) is 0. The first-order chi connectivity index (χ1) is 6.77. The smallest absolute Gasteiger partial charge is 0.0544 e. The number of ether oxygens (including phenoxy) is 1. The molecular weight excluding hydrogens is 174 g/mol. The minimum atomic E-state index is 0.412. The van der Waals surface area contributed by atoms with Gasteiger partial charge < -0.3 is 10.5 Å². The quantitative estimate of drug-likeness (QED) is 0.738. The van der Waals surface area contributed by atoms with Crippen molar-refractivity contribution < 1.29 is 4.74 Å². The van der Waals surface area contributed by atoms with E-state index >= 15 is 0 Å². The second-order valence-electron chi connectivity index (χ2n) is 4.59. The lowest BCUT2D eigenvalue weighted by molar-refractivity contribution is 0.0135. The Kier molecular flexibility index (Phi) is 5.49.